The summed E-state index contributed by atoms with van der Waals surface area (Å²) in [7, 11) is -3.83. The van der Waals surface area contributed by atoms with Crippen LogP contribution in [0.25, 0.3) is 0 Å². The highest BCUT2D eigenvalue weighted by Crippen LogP contribution is 2.40. The van der Waals surface area contributed by atoms with Crippen molar-refractivity contribution in [1.29, 1.82) is 0 Å². The Morgan fingerprint density at radius 1 is 1.27 bits per heavy atom. The first-order chi connectivity index (χ1) is 12.4. The number of esters is 1. The molecule has 1 saturated heterocycles. The third-order valence-electron chi connectivity index (χ3n) is 4.69. The molecule has 0 spiro atoms. The van der Waals surface area contributed by atoms with Gasteiger partial charge < -0.3 is 9.47 Å². The fourth-order valence-electron chi connectivity index (χ4n) is 3.50. The molecule has 0 amide bonds. The Hall–Kier alpha value is -1.96. The highest BCUT2D eigenvalue weighted by atomic mass is 32.2. The smallest absolute Gasteiger partial charge is 0.313 e. The molecule has 0 radical (unpaired) electrons. The second kappa shape index (κ2) is 7.34. The lowest BCUT2D eigenvalue weighted by Gasteiger charge is -2.33. The maximum absolute atomic E-state index is 13.3. The minimum absolute atomic E-state index is 0.0806. The summed E-state index contributed by atoms with van der Waals surface area (Å²) in [6, 6.07) is 5.99. The van der Waals surface area contributed by atoms with Crippen LogP contribution in [0.1, 0.15) is 12.5 Å². The van der Waals surface area contributed by atoms with E-state index in [1.165, 1.54) is 10.4 Å². The summed E-state index contributed by atoms with van der Waals surface area (Å²) >= 11 is 0. The van der Waals surface area contributed by atoms with Gasteiger partial charge in [-0.2, -0.15) is 4.31 Å². The molecular weight excluding hydrogens is 354 g/mol. The minimum Gasteiger partial charge on any atom is -0.466 e. The molecule has 0 saturated carbocycles. The van der Waals surface area contributed by atoms with E-state index in [0.717, 1.165) is 5.56 Å². The molecule has 26 heavy (non-hydrogen) atoms. The number of nitrogens with zero attached hydrogens (tertiary/aromatic N) is 1. The standard InChI is InChI=1S/C19H23NO5S/c1-4-12-20(26(22,23)14-8-6-13(3)7-9-14)18-16-11-10-15(25-16)17(18)19(21)24-5-2/h4,6-11,15-18H,1,5,12H2,2-3H3/t15-,16+,17-,18-/m1/s1. The SMILES string of the molecule is C=CCN([C@H]1[C@H](C(=O)OCC)[C@H]2C=C[C@@H]1O2)S(=O)(=O)c1ccc(C)cc1. The minimum atomic E-state index is -3.83. The molecular formula is C19H23NO5S. The summed E-state index contributed by atoms with van der Waals surface area (Å²) in [5.74, 6) is -1.13. The number of hydrogen-bond acceptors (Lipinski definition) is 5. The molecule has 2 bridgehead atoms. The normalized spacial score (nSPS) is 27.0. The van der Waals surface area contributed by atoms with Gasteiger partial charge in [0.15, 0.2) is 0 Å². The van der Waals surface area contributed by atoms with Gasteiger partial charge in [0.2, 0.25) is 10.0 Å². The zero-order valence-electron chi connectivity index (χ0n) is 14.9. The predicted octanol–water partition coefficient (Wildman–Crippen LogP) is 2.06. The Bertz CT molecular complexity index is 815. The van der Waals surface area contributed by atoms with E-state index in [1.807, 2.05) is 13.0 Å². The number of benzene rings is 1. The lowest BCUT2D eigenvalue weighted by molar-refractivity contribution is -0.150. The van der Waals surface area contributed by atoms with Crippen LogP contribution in [0, 0.1) is 12.8 Å². The van der Waals surface area contributed by atoms with E-state index in [4.69, 9.17) is 9.47 Å². The molecule has 0 aliphatic carbocycles. The maximum atomic E-state index is 13.3. The van der Waals surface area contributed by atoms with Gasteiger partial charge in [0, 0.05) is 6.54 Å². The van der Waals surface area contributed by atoms with Gasteiger partial charge in [0.25, 0.3) is 0 Å². The van der Waals surface area contributed by atoms with E-state index in [0.29, 0.717) is 0 Å². The van der Waals surface area contributed by atoms with Crippen molar-refractivity contribution in [3.63, 3.8) is 0 Å². The molecule has 0 unspecified atom stereocenters. The summed E-state index contributed by atoms with van der Waals surface area (Å²) in [6.07, 6.45) is 4.18. The second-order valence-electron chi connectivity index (χ2n) is 6.40. The zero-order chi connectivity index (χ0) is 18.9. The molecule has 140 valence electrons. The molecule has 6 nitrogen and oxygen atoms in total. The van der Waals surface area contributed by atoms with Gasteiger partial charge in [-0.3, -0.25) is 4.79 Å². The molecule has 1 fully saturated rings. The van der Waals surface area contributed by atoms with Gasteiger partial charge in [-0.1, -0.05) is 35.9 Å². The van der Waals surface area contributed by atoms with Crippen molar-refractivity contribution in [2.45, 2.75) is 37.0 Å². The Kier molecular flexibility index (Phi) is 5.32. The van der Waals surface area contributed by atoms with Gasteiger partial charge in [-0.05, 0) is 26.0 Å². The number of carbonyl (C=O) groups excluding carboxylic acids is 1. The number of ether oxygens (including phenoxy) is 2. The molecule has 3 rings (SSSR count). The molecule has 0 aromatic heterocycles. The highest BCUT2D eigenvalue weighted by molar-refractivity contribution is 7.89. The van der Waals surface area contributed by atoms with Crippen molar-refractivity contribution < 1.29 is 22.7 Å². The summed E-state index contributed by atoms with van der Waals surface area (Å²) in [5.41, 5.74) is 0.967. The predicted molar refractivity (Wildman–Crippen MR) is 97.0 cm³/mol. The van der Waals surface area contributed by atoms with Crippen LogP contribution in [-0.2, 0) is 24.3 Å². The second-order valence-corrected chi connectivity index (χ2v) is 8.29. The molecule has 2 heterocycles. The van der Waals surface area contributed by atoms with E-state index >= 15 is 0 Å². The number of hydrogen-bond donors (Lipinski definition) is 0. The fourth-order valence-corrected chi connectivity index (χ4v) is 5.12. The van der Waals surface area contributed by atoms with E-state index in [2.05, 4.69) is 6.58 Å². The fraction of sp³-hybridized carbons (Fsp3) is 0.421. The van der Waals surface area contributed by atoms with Crippen LogP contribution in [0.3, 0.4) is 0 Å². The van der Waals surface area contributed by atoms with Crippen molar-refractivity contribution in [3.8, 4) is 0 Å². The average Bonchev–Trinajstić information content (AvgIpc) is 3.21. The van der Waals surface area contributed by atoms with Gasteiger partial charge >= 0.3 is 5.97 Å². The van der Waals surface area contributed by atoms with Crippen LogP contribution in [0.2, 0.25) is 0 Å². The lowest BCUT2D eigenvalue weighted by atomic mass is 9.89. The Labute approximate surface area is 154 Å². The average molecular weight is 377 g/mol. The summed E-state index contributed by atoms with van der Waals surface area (Å²) in [4.78, 5) is 12.7. The number of fused-ring (bicyclic) bond motifs is 2. The summed E-state index contributed by atoms with van der Waals surface area (Å²) in [5, 5.41) is 0. The van der Waals surface area contributed by atoms with Crippen molar-refractivity contribution in [1.82, 2.24) is 4.31 Å². The van der Waals surface area contributed by atoms with Crippen molar-refractivity contribution in [2.75, 3.05) is 13.2 Å². The van der Waals surface area contributed by atoms with Crippen LogP contribution in [-0.4, -0.2) is 50.1 Å². The van der Waals surface area contributed by atoms with Crippen molar-refractivity contribution in [2.24, 2.45) is 5.92 Å². The molecule has 1 aromatic rings. The van der Waals surface area contributed by atoms with E-state index in [-0.39, 0.29) is 18.0 Å². The first-order valence-corrected chi connectivity index (χ1v) is 10.0. The van der Waals surface area contributed by atoms with Crippen LogP contribution in [0.5, 0.6) is 0 Å². The topological polar surface area (TPSA) is 72.9 Å². The Balaban J connectivity index is 2.01. The van der Waals surface area contributed by atoms with Crippen LogP contribution in [0.4, 0.5) is 0 Å². The Morgan fingerprint density at radius 3 is 2.54 bits per heavy atom. The summed E-state index contributed by atoms with van der Waals surface area (Å²) < 4.78 is 38.8. The number of carbonyl (C=O) groups is 1. The van der Waals surface area contributed by atoms with E-state index < -0.39 is 40.2 Å². The Morgan fingerprint density at radius 2 is 1.92 bits per heavy atom. The highest BCUT2D eigenvalue weighted by Gasteiger charge is 2.55. The molecule has 4 atom stereocenters. The van der Waals surface area contributed by atoms with Crippen LogP contribution in [0.15, 0.2) is 54.0 Å². The van der Waals surface area contributed by atoms with Crippen molar-refractivity contribution in [3.05, 3.63) is 54.6 Å². The molecule has 2 aliphatic heterocycles. The van der Waals surface area contributed by atoms with Gasteiger partial charge in [-0.25, -0.2) is 8.42 Å². The van der Waals surface area contributed by atoms with E-state index in [1.54, 1.807) is 37.3 Å². The number of aryl methyl sites for hydroxylation is 1. The lowest BCUT2D eigenvalue weighted by Crippen LogP contribution is -2.51. The van der Waals surface area contributed by atoms with Crippen molar-refractivity contribution >= 4 is 16.0 Å². The largest absolute Gasteiger partial charge is 0.466 e. The van der Waals surface area contributed by atoms with Gasteiger partial charge in [0.1, 0.15) is 5.92 Å². The number of rotatable bonds is 7. The van der Waals surface area contributed by atoms with Crippen LogP contribution >= 0.6 is 0 Å². The first-order valence-electron chi connectivity index (χ1n) is 8.60. The third-order valence-corrected chi connectivity index (χ3v) is 6.57. The van der Waals surface area contributed by atoms with E-state index in [9.17, 15) is 13.2 Å². The first kappa shape index (κ1) is 18.8. The number of sulfonamides is 1. The van der Waals surface area contributed by atoms with Crippen LogP contribution < -0.4 is 0 Å². The zero-order valence-corrected chi connectivity index (χ0v) is 15.7. The monoisotopic (exact) mass is 377 g/mol. The molecule has 0 N–H and O–H groups in total. The molecule has 2 aliphatic rings. The molecule has 7 heteroatoms. The quantitative estimate of drug-likeness (QED) is 0.537. The van der Waals surface area contributed by atoms with Gasteiger partial charge in [-0.15, -0.1) is 6.58 Å². The summed E-state index contributed by atoms with van der Waals surface area (Å²) in [6.45, 7) is 7.61. The van der Waals surface area contributed by atoms with Gasteiger partial charge in [0.05, 0.1) is 29.8 Å². The third kappa shape index (κ3) is 3.22. The maximum Gasteiger partial charge on any atom is 0.313 e. The molecule has 1 aromatic carbocycles.